The van der Waals surface area contributed by atoms with Crippen LogP contribution in [0.3, 0.4) is 0 Å². The fraction of sp³-hybridized carbons (Fsp3) is 0.160. The van der Waals surface area contributed by atoms with E-state index in [1.807, 2.05) is 0 Å². The standard InChI is InChI=1S/C25H21N5O6/c31-22(4-2-12-29-24(33)20-10-9-19(30(35)36)13-21(20)25(29)34)27-14-16-5-7-18(8-6-16)28-23(32)17-3-1-11-26-15-17/h1,3,5-11,13,15H,2,4,12,14H2,(H,27,31)(H,28,32). The van der Waals surface area contributed by atoms with E-state index in [1.165, 1.54) is 18.3 Å². The molecular weight excluding hydrogens is 466 g/mol. The third-order valence-corrected chi connectivity index (χ3v) is 5.58. The molecule has 0 unspecified atom stereocenters. The van der Waals surface area contributed by atoms with E-state index in [2.05, 4.69) is 15.6 Å². The number of amides is 4. The van der Waals surface area contributed by atoms with Gasteiger partial charge in [0.05, 0.1) is 21.6 Å². The lowest BCUT2D eigenvalue weighted by Crippen LogP contribution is -2.32. The van der Waals surface area contributed by atoms with Crippen molar-refractivity contribution in [1.82, 2.24) is 15.2 Å². The number of aromatic nitrogens is 1. The maximum atomic E-state index is 12.5. The van der Waals surface area contributed by atoms with Crippen molar-refractivity contribution in [3.63, 3.8) is 0 Å². The molecule has 3 aromatic rings. The minimum atomic E-state index is -0.628. The van der Waals surface area contributed by atoms with E-state index in [9.17, 15) is 29.3 Å². The van der Waals surface area contributed by atoms with Gasteiger partial charge in [-0.25, -0.2) is 0 Å². The lowest BCUT2D eigenvalue weighted by atomic mass is 10.1. The van der Waals surface area contributed by atoms with Crippen molar-refractivity contribution in [2.45, 2.75) is 19.4 Å². The van der Waals surface area contributed by atoms with E-state index >= 15 is 0 Å². The van der Waals surface area contributed by atoms with Crippen LogP contribution in [0.2, 0.25) is 0 Å². The van der Waals surface area contributed by atoms with Crippen molar-refractivity contribution in [3.8, 4) is 0 Å². The average molecular weight is 487 g/mol. The monoisotopic (exact) mass is 487 g/mol. The number of carbonyl (C=O) groups is 4. The molecule has 1 aliphatic heterocycles. The van der Waals surface area contributed by atoms with Crippen molar-refractivity contribution < 1.29 is 24.1 Å². The summed E-state index contributed by atoms with van der Waals surface area (Å²) in [6, 6.07) is 13.9. The molecule has 4 amide bonds. The number of nitro benzene ring substituents is 1. The fourth-order valence-corrected chi connectivity index (χ4v) is 3.69. The molecular formula is C25H21N5O6. The summed E-state index contributed by atoms with van der Waals surface area (Å²) in [6.07, 6.45) is 3.39. The second-order valence-corrected chi connectivity index (χ2v) is 8.02. The quantitative estimate of drug-likeness (QED) is 0.267. The Labute approximate surface area is 205 Å². The van der Waals surface area contributed by atoms with Gasteiger partial charge in [0.1, 0.15) is 0 Å². The number of nitro groups is 1. The molecule has 182 valence electrons. The maximum absolute atomic E-state index is 12.5. The van der Waals surface area contributed by atoms with Crippen LogP contribution in [-0.4, -0.2) is 45.0 Å². The van der Waals surface area contributed by atoms with Crippen molar-refractivity contribution in [2.75, 3.05) is 11.9 Å². The average Bonchev–Trinajstić information content (AvgIpc) is 3.13. The van der Waals surface area contributed by atoms with Gasteiger partial charge in [-0.1, -0.05) is 12.1 Å². The van der Waals surface area contributed by atoms with Crippen LogP contribution in [0.4, 0.5) is 11.4 Å². The number of non-ortho nitro benzene ring substituents is 1. The van der Waals surface area contributed by atoms with Crippen molar-refractivity contribution in [1.29, 1.82) is 0 Å². The third kappa shape index (κ3) is 5.41. The van der Waals surface area contributed by atoms with Gasteiger partial charge in [0, 0.05) is 49.7 Å². The summed E-state index contributed by atoms with van der Waals surface area (Å²) in [4.78, 5) is 64.6. The molecule has 0 atom stereocenters. The lowest BCUT2D eigenvalue weighted by molar-refractivity contribution is -0.384. The largest absolute Gasteiger partial charge is 0.352 e. The topological polar surface area (TPSA) is 152 Å². The van der Waals surface area contributed by atoms with Crippen LogP contribution in [0.15, 0.2) is 67.0 Å². The van der Waals surface area contributed by atoms with Crippen LogP contribution < -0.4 is 10.6 Å². The number of rotatable bonds is 9. The summed E-state index contributed by atoms with van der Waals surface area (Å²) in [5, 5.41) is 16.5. The summed E-state index contributed by atoms with van der Waals surface area (Å²) in [7, 11) is 0. The Bertz CT molecular complexity index is 1340. The van der Waals surface area contributed by atoms with E-state index in [1.54, 1.807) is 42.6 Å². The highest BCUT2D eigenvalue weighted by Gasteiger charge is 2.36. The maximum Gasteiger partial charge on any atom is 0.270 e. The molecule has 4 rings (SSSR count). The Morgan fingerprint density at radius 3 is 2.44 bits per heavy atom. The Hall–Kier alpha value is -4.93. The summed E-state index contributed by atoms with van der Waals surface area (Å²) >= 11 is 0. The summed E-state index contributed by atoms with van der Waals surface area (Å²) in [6.45, 7) is 0.297. The molecule has 0 radical (unpaired) electrons. The first-order chi connectivity index (χ1) is 17.3. The zero-order valence-corrected chi connectivity index (χ0v) is 19.0. The van der Waals surface area contributed by atoms with Gasteiger partial charge in [0.15, 0.2) is 0 Å². The summed E-state index contributed by atoms with van der Waals surface area (Å²) < 4.78 is 0. The number of carbonyl (C=O) groups excluding carboxylic acids is 4. The van der Waals surface area contributed by atoms with E-state index in [4.69, 9.17) is 0 Å². The molecule has 1 aromatic heterocycles. The predicted octanol–water partition coefficient (Wildman–Crippen LogP) is 2.93. The molecule has 0 saturated heterocycles. The number of imide groups is 1. The van der Waals surface area contributed by atoms with Crippen LogP contribution in [0, 0.1) is 10.1 Å². The van der Waals surface area contributed by atoms with Crippen LogP contribution in [-0.2, 0) is 11.3 Å². The van der Waals surface area contributed by atoms with Gasteiger partial charge in [-0.15, -0.1) is 0 Å². The molecule has 11 nitrogen and oxygen atoms in total. The zero-order chi connectivity index (χ0) is 25.7. The van der Waals surface area contributed by atoms with Gasteiger partial charge in [0.2, 0.25) is 5.91 Å². The highest BCUT2D eigenvalue weighted by Crippen LogP contribution is 2.27. The molecule has 0 fully saturated rings. The van der Waals surface area contributed by atoms with Gasteiger partial charge in [-0.2, -0.15) is 0 Å². The zero-order valence-electron chi connectivity index (χ0n) is 19.0. The van der Waals surface area contributed by atoms with E-state index in [0.29, 0.717) is 11.3 Å². The molecule has 0 aliphatic carbocycles. The van der Waals surface area contributed by atoms with Gasteiger partial charge >= 0.3 is 0 Å². The second-order valence-electron chi connectivity index (χ2n) is 8.02. The molecule has 1 aliphatic rings. The highest BCUT2D eigenvalue weighted by atomic mass is 16.6. The highest BCUT2D eigenvalue weighted by molar-refractivity contribution is 6.21. The van der Waals surface area contributed by atoms with Crippen LogP contribution in [0.5, 0.6) is 0 Å². The second kappa shape index (κ2) is 10.6. The predicted molar refractivity (Wildman–Crippen MR) is 128 cm³/mol. The number of benzene rings is 2. The first-order valence-corrected chi connectivity index (χ1v) is 11.0. The third-order valence-electron chi connectivity index (χ3n) is 5.58. The van der Waals surface area contributed by atoms with E-state index < -0.39 is 16.7 Å². The normalized spacial score (nSPS) is 12.3. The number of hydrogen-bond acceptors (Lipinski definition) is 7. The minimum Gasteiger partial charge on any atom is -0.352 e. The number of hydrogen-bond donors (Lipinski definition) is 2. The Morgan fingerprint density at radius 2 is 1.75 bits per heavy atom. The van der Waals surface area contributed by atoms with E-state index in [-0.39, 0.29) is 54.6 Å². The number of fused-ring (bicyclic) bond motifs is 1. The first kappa shape index (κ1) is 24.2. The van der Waals surface area contributed by atoms with Crippen molar-refractivity contribution in [2.24, 2.45) is 0 Å². The van der Waals surface area contributed by atoms with Crippen LogP contribution in [0.1, 0.15) is 49.5 Å². The number of pyridine rings is 1. The Morgan fingerprint density at radius 1 is 1.00 bits per heavy atom. The minimum absolute atomic E-state index is 0.00118. The van der Waals surface area contributed by atoms with Gasteiger partial charge in [0.25, 0.3) is 23.4 Å². The molecule has 36 heavy (non-hydrogen) atoms. The fourth-order valence-electron chi connectivity index (χ4n) is 3.69. The summed E-state index contributed by atoms with van der Waals surface area (Å²) in [5.74, 6) is -1.66. The van der Waals surface area contributed by atoms with Gasteiger partial charge in [-0.3, -0.25) is 39.2 Å². The number of anilines is 1. The molecule has 0 saturated carbocycles. The molecule has 0 bridgehead atoms. The lowest BCUT2D eigenvalue weighted by Gasteiger charge is -2.13. The van der Waals surface area contributed by atoms with Crippen LogP contribution in [0.25, 0.3) is 0 Å². The smallest absolute Gasteiger partial charge is 0.270 e. The Kier molecular flexibility index (Phi) is 7.10. The number of nitrogens with zero attached hydrogens (tertiary/aromatic N) is 3. The van der Waals surface area contributed by atoms with E-state index in [0.717, 1.165) is 16.5 Å². The SMILES string of the molecule is O=C(CCCN1C(=O)c2ccc([N+](=O)[O-])cc2C1=O)NCc1ccc(NC(=O)c2cccnc2)cc1. The Balaban J connectivity index is 1.22. The van der Waals surface area contributed by atoms with Crippen molar-refractivity contribution in [3.05, 3.63) is 99.4 Å². The van der Waals surface area contributed by atoms with Crippen LogP contribution >= 0.6 is 0 Å². The molecule has 2 heterocycles. The molecule has 2 aromatic carbocycles. The van der Waals surface area contributed by atoms with Gasteiger partial charge in [-0.05, 0) is 42.3 Å². The summed E-state index contributed by atoms with van der Waals surface area (Å²) in [5.41, 5.74) is 1.72. The van der Waals surface area contributed by atoms with Crippen molar-refractivity contribution >= 4 is 35.0 Å². The van der Waals surface area contributed by atoms with Gasteiger partial charge < -0.3 is 10.6 Å². The number of nitrogens with one attached hydrogen (secondary N) is 2. The molecule has 11 heteroatoms. The molecule has 2 N–H and O–H groups in total. The first-order valence-electron chi connectivity index (χ1n) is 11.0. The molecule has 0 spiro atoms.